The number of ether oxygens (including phenoxy) is 1. The van der Waals surface area contributed by atoms with Crippen LogP contribution in [0.3, 0.4) is 0 Å². The summed E-state index contributed by atoms with van der Waals surface area (Å²) >= 11 is 0. The molecule has 0 aromatic heterocycles. The van der Waals surface area contributed by atoms with Crippen LogP contribution in [-0.2, 0) is 9.53 Å². The maximum atomic E-state index is 9.89. The highest BCUT2D eigenvalue weighted by Crippen LogP contribution is 2.15. The topological polar surface area (TPSA) is 26.3 Å². The van der Waals surface area contributed by atoms with Crippen LogP contribution in [0.1, 0.15) is 161 Å². The summed E-state index contributed by atoms with van der Waals surface area (Å²) < 4.78 is 4.58. The number of rotatable bonds is 26. The molecule has 0 aliphatic carbocycles. The van der Waals surface area contributed by atoms with E-state index >= 15 is 0 Å². The zero-order valence-electron chi connectivity index (χ0n) is 20.0. The van der Waals surface area contributed by atoms with E-state index in [1.54, 1.807) is 0 Å². The first kappa shape index (κ1) is 28.5. The van der Waals surface area contributed by atoms with E-state index in [2.05, 4.69) is 11.7 Å². The summed E-state index contributed by atoms with van der Waals surface area (Å²) in [4.78, 5) is 9.89. The summed E-state index contributed by atoms with van der Waals surface area (Å²) in [7, 11) is 0. The second kappa shape index (κ2) is 27.5. The third-order valence-electron chi connectivity index (χ3n) is 6.16. The molecule has 0 amide bonds. The smallest absolute Gasteiger partial charge is 0.417 e. The first-order valence-electron chi connectivity index (χ1n) is 13.4. The van der Waals surface area contributed by atoms with Crippen LogP contribution >= 0.6 is 0 Å². The molecule has 0 unspecified atom stereocenters. The SMILES string of the molecule is CCCCCCCCCCCCCCCCCCCCCCCCCCO[C]=O. The van der Waals surface area contributed by atoms with Gasteiger partial charge in [-0.15, -0.1) is 0 Å². The Morgan fingerprint density at radius 3 is 0.897 bits per heavy atom. The Morgan fingerprint density at radius 1 is 0.414 bits per heavy atom. The standard InChI is InChI=1S/C27H53O2/c1-2-3-4-5-6-7-8-9-10-11-12-13-14-15-16-17-18-19-20-21-22-23-24-25-26-29-27-28/h2-26H2,1H3. The molecule has 0 saturated carbocycles. The summed E-state index contributed by atoms with van der Waals surface area (Å²) in [5.74, 6) is 0. The van der Waals surface area contributed by atoms with Gasteiger partial charge in [0.25, 0.3) is 0 Å². The Labute approximate surface area is 184 Å². The van der Waals surface area contributed by atoms with Gasteiger partial charge in [-0.1, -0.05) is 155 Å². The molecule has 0 rings (SSSR count). The van der Waals surface area contributed by atoms with Crippen molar-refractivity contribution in [2.24, 2.45) is 0 Å². The summed E-state index contributed by atoms with van der Waals surface area (Å²) in [5, 5.41) is 0. The minimum Gasteiger partial charge on any atom is -0.457 e. The fraction of sp³-hybridized carbons (Fsp3) is 0.963. The quantitative estimate of drug-likeness (QED) is 0.133. The van der Waals surface area contributed by atoms with Crippen molar-refractivity contribution in [1.82, 2.24) is 0 Å². The molecule has 0 N–H and O–H groups in total. The largest absolute Gasteiger partial charge is 0.457 e. The van der Waals surface area contributed by atoms with Crippen molar-refractivity contribution in [2.45, 2.75) is 161 Å². The molecule has 0 spiro atoms. The van der Waals surface area contributed by atoms with Crippen LogP contribution < -0.4 is 0 Å². The van der Waals surface area contributed by atoms with Gasteiger partial charge in [0.1, 0.15) is 0 Å². The van der Waals surface area contributed by atoms with Gasteiger partial charge in [-0.25, -0.2) is 4.79 Å². The molecule has 173 valence electrons. The average molecular weight is 410 g/mol. The molecule has 0 heterocycles. The van der Waals surface area contributed by atoms with Gasteiger partial charge >= 0.3 is 6.47 Å². The minimum atomic E-state index is 0.544. The fourth-order valence-electron chi connectivity index (χ4n) is 4.18. The van der Waals surface area contributed by atoms with Gasteiger partial charge in [-0.2, -0.15) is 0 Å². The minimum absolute atomic E-state index is 0.544. The van der Waals surface area contributed by atoms with Crippen molar-refractivity contribution in [3.05, 3.63) is 0 Å². The number of hydrogen-bond donors (Lipinski definition) is 0. The molecule has 29 heavy (non-hydrogen) atoms. The van der Waals surface area contributed by atoms with Crippen LogP contribution in [0.2, 0.25) is 0 Å². The lowest BCUT2D eigenvalue weighted by Crippen LogP contribution is -1.91. The molecule has 1 radical (unpaired) electrons. The lowest BCUT2D eigenvalue weighted by Gasteiger charge is -2.04. The van der Waals surface area contributed by atoms with Crippen LogP contribution in [0.25, 0.3) is 0 Å². The molecule has 2 heteroatoms. The number of carbonyl (C=O) groups excluding carboxylic acids is 1. The summed E-state index contributed by atoms with van der Waals surface area (Å²) in [6, 6.07) is 0. The van der Waals surface area contributed by atoms with E-state index in [9.17, 15) is 4.79 Å². The molecule has 0 saturated heterocycles. The summed E-state index contributed by atoms with van der Waals surface area (Å²) in [5.41, 5.74) is 0. The first-order chi connectivity index (χ1) is 14.4. The highest BCUT2D eigenvalue weighted by Gasteiger charge is 1.96. The van der Waals surface area contributed by atoms with E-state index in [0.717, 1.165) is 6.42 Å². The van der Waals surface area contributed by atoms with E-state index in [0.29, 0.717) is 6.61 Å². The maximum Gasteiger partial charge on any atom is 0.417 e. The summed E-state index contributed by atoms with van der Waals surface area (Å²) in [6.07, 6.45) is 33.7. The highest BCUT2D eigenvalue weighted by atomic mass is 16.5. The molecule has 0 atom stereocenters. The van der Waals surface area contributed by atoms with Crippen LogP contribution in [0.4, 0.5) is 0 Å². The predicted octanol–water partition coefficient (Wildman–Crippen LogP) is 9.45. The second-order valence-electron chi connectivity index (χ2n) is 9.06. The van der Waals surface area contributed by atoms with Crippen LogP contribution in [-0.4, -0.2) is 13.1 Å². The Morgan fingerprint density at radius 2 is 0.655 bits per heavy atom. The Hall–Kier alpha value is -0.530. The highest BCUT2D eigenvalue weighted by molar-refractivity contribution is 5.37. The molecule has 0 aromatic carbocycles. The van der Waals surface area contributed by atoms with Crippen molar-refractivity contribution in [1.29, 1.82) is 0 Å². The van der Waals surface area contributed by atoms with Gasteiger partial charge in [-0.3, -0.25) is 0 Å². The molecular weight excluding hydrogens is 356 g/mol. The third-order valence-corrected chi connectivity index (χ3v) is 6.16. The van der Waals surface area contributed by atoms with Gasteiger partial charge in [0.15, 0.2) is 0 Å². The Balaban J connectivity index is 2.97. The fourth-order valence-corrected chi connectivity index (χ4v) is 4.18. The normalized spacial score (nSPS) is 11.1. The van der Waals surface area contributed by atoms with Gasteiger partial charge in [-0.05, 0) is 6.42 Å². The number of unbranched alkanes of at least 4 members (excludes halogenated alkanes) is 23. The molecule has 2 nitrogen and oxygen atoms in total. The monoisotopic (exact) mass is 409 g/mol. The lowest BCUT2D eigenvalue weighted by molar-refractivity contribution is 0.268. The van der Waals surface area contributed by atoms with Crippen molar-refractivity contribution in [2.75, 3.05) is 6.61 Å². The second-order valence-corrected chi connectivity index (χ2v) is 9.06. The van der Waals surface area contributed by atoms with Gasteiger partial charge in [0, 0.05) is 0 Å². The zero-order chi connectivity index (χ0) is 21.1. The third kappa shape index (κ3) is 27.5. The van der Waals surface area contributed by atoms with Crippen molar-refractivity contribution in [3.63, 3.8) is 0 Å². The molecular formula is C27H53O2. The summed E-state index contributed by atoms with van der Waals surface area (Å²) in [6.45, 7) is 4.32. The lowest BCUT2D eigenvalue weighted by atomic mass is 10.0. The van der Waals surface area contributed by atoms with E-state index in [1.807, 2.05) is 0 Å². The molecule has 0 aliphatic heterocycles. The van der Waals surface area contributed by atoms with Gasteiger partial charge in [0.2, 0.25) is 0 Å². The van der Waals surface area contributed by atoms with Crippen molar-refractivity contribution in [3.8, 4) is 0 Å². The molecule has 0 fully saturated rings. The Kier molecular flexibility index (Phi) is 27.0. The molecule has 0 aromatic rings. The van der Waals surface area contributed by atoms with E-state index in [4.69, 9.17) is 0 Å². The van der Waals surface area contributed by atoms with E-state index < -0.39 is 0 Å². The van der Waals surface area contributed by atoms with E-state index in [1.165, 1.54) is 154 Å². The molecule has 0 bridgehead atoms. The zero-order valence-corrected chi connectivity index (χ0v) is 20.0. The van der Waals surface area contributed by atoms with E-state index in [-0.39, 0.29) is 0 Å². The maximum absolute atomic E-state index is 9.89. The van der Waals surface area contributed by atoms with Crippen molar-refractivity contribution >= 4 is 6.47 Å². The predicted molar refractivity (Wildman–Crippen MR) is 128 cm³/mol. The van der Waals surface area contributed by atoms with Gasteiger partial charge in [0.05, 0.1) is 6.61 Å². The van der Waals surface area contributed by atoms with Crippen LogP contribution in [0.5, 0.6) is 0 Å². The molecule has 0 aliphatic rings. The van der Waals surface area contributed by atoms with Crippen LogP contribution in [0.15, 0.2) is 0 Å². The first-order valence-corrected chi connectivity index (χ1v) is 13.4. The van der Waals surface area contributed by atoms with Gasteiger partial charge < -0.3 is 4.74 Å². The Bertz CT molecular complexity index is 290. The van der Waals surface area contributed by atoms with Crippen molar-refractivity contribution < 1.29 is 9.53 Å². The van der Waals surface area contributed by atoms with Crippen LogP contribution in [0, 0.1) is 0 Å². The average Bonchev–Trinajstić information content (AvgIpc) is 2.74. The number of hydrogen-bond acceptors (Lipinski definition) is 2.